The average molecular weight is 676 g/mol. The fraction of sp³-hybridized carbons (Fsp3) is 0.758. The number of halogens is 2. The first kappa shape index (κ1) is 38.0. The molecule has 2 fully saturated rings. The van der Waals surface area contributed by atoms with Crippen molar-refractivity contribution in [1.82, 2.24) is 10.6 Å². The van der Waals surface area contributed by atoms with Gasteiger partial charge in [-0.1, -0.05) is 95.0 Å². The van der Waals surface area contributed by atoms with Crippen molar-refractivity contribution >= 4 is 35.0 Å². The second-order valence-electron chi connectivity index (χ2n) is 11.4. The van der Waals surface area contributed by atoms with Gasteiger partial charge in [-0.3, -0.25) is 9.59 Å². The van der Waals surface area contributed by atoms with E-state index in [4.69, 9.17) is 51.6 Å². The molecule has 2 amide bonds. The molecule has 2 heterocycles. The maximum Gasteiger partial charge on any atom is 0.235 e. The van der Waals surface area contributed by atoms with E-state index in [1.54, 1.807) is 0 Å². The van der Waals surface area contributed by atoms with Crippen molar-refractivity contribution in [3.05, 3.63) is 35.9 Å². The van der Waals surface area contributed by atoms with Crippen molar-refractivity contribution in [2.75, 3.05) is 51.3 Å². The summed E-state index contributed by atoms with van der Waals surface area (Å²) in [5.41, 5.74) is 0.879. The Balaban J connectivity index is 1.62. The average Bonchev–Trinajstić information content (AvgIpc) is 3.07. The van der Waals surface area contributed by atoms with Gasteiger partial charge in [0, 0.05) is 25.3 Å². The first-order valence-electron chi connectivity index (χ1n) is 16.5. The number of alkyl halides is 2. The summed E-state index contributed by atoms with van der Waals surface area (Å²) in [6.45, 7) is 3.94. The number of hydrogen-bond acceptors (Lipinski definition) is 8. The summed E-state index contributed by atoms with van der Waals surface area (Å²) < 4.78 is 37.8. The first-order valence-corrected chi connectivity index (χ1v) is 17.6. The van der Waals surface area contributed by atoms with Gasteiger partial charge in [0.25, 0.3) is 0 Å². The monoisotopic (exact) mass is 674 g/mol. The van der Waals surface area contributed by atoms with E-state index in [-0.39, 0.29) is 56.5 Å². The summed E-state index contributed by atoms with van der Waals surface area (Å²) in [7, 11) is 0. The molecule has 0 radical (unpaired) electrons. The van der Waals surface area contributed by atoms with Crippen LogP contribution in [0.2, 0.25) is 0 Å². The lowest BCUT2D eigenvalue weighted by Gasteiger charge is -2.49. The van der Waals surface area contributed by atoms with Gasteiger partial charge in [0.15, 0.2) is 12.6 Å². The highest BCUT2D eigenvalue weighted by molar-refractivity contribution is 6.27. The van der Waals surface area contributed by atoms with Gasteiger partial charge >= 0.3 is 0 Å². The summed E-state index contributed by atoms with van der Waals surface area (Å²) in [6, 6.07) is 9.68. The van der Waals surface area contributed by atoms with Crippen molar-refractivity contribution in [2.45, 2.75) is 108 Å². The lowest BCUT2D eigenvalue weighted by molar-refractivity contribution is -0.370. The smallest absolute Gasteiger partial charge is 0.235 e. The molecule has 0 aliphatic carbocycles. The van der Waals surface area contributed by atoms with E-state index in [0.29, 0.717) is 6.61 Å². The van der Waals surface area contributed by atoms with E-state index in [1.165, 1.54) is 51.4 Å². The van der Waals surface area contributed by atoms with E-state index in [1.807, 2.05) is 30.3 Å². The highest BCUT2D eigenvalue weighted by Crippen LogP contribution is 2.36. The van der Waals surface area contributed by atoms with E-state index >= 15 is 0 Å². The predicted octanol–water partition coefficient (Wildman–Crippen LogP) is 5.24. The highest BCUT2D eigenvalue weighted by atomic mass is 35.5. The lowest BCUT2D eigenvalue weighted by Crippen LogP contribution is -2.64. The molecule has 2 aliphatic rings. The van der Waals surface area contributed by atoms with Crippen LogP contribution in [0, 0.1) is 0 Å². The van der Waals surface area contributed by atoms with Crippen LogP contribution in [0.4, 0.5) is 0 Å². The molecule has 256 valence electrons. The van der Waals surface area contributed by atoms with E-state index in [2.05, 4.69) is 17.6 Å². The summed E-state index contributed by atoms with van der Waals surface area (Å²) in [6.07, 6.45) is 8.66. The topological polar surface area (TPSA) is 114 Å². The Morgan fingerprint density at radius 2 is 1.33 bits per heavy atom. The largest absolute Gasteiger partial charge is 0.371 e. The Morgan fingerprint density at radius 3 is 1.93 bits per heavy atom. The lowest BCUT2D eigenvalue weighted by atomic mass is 9.97. The molecule has 0 unspecified atom stereocenters. The molecule has 0 aromatic heterocycles. The molecule has 1 aromatic carbocycles. The van der Waals surface area contributed by atoms with Crippen LogP contribution in [0.3, 0.4) is 0 Å². The van der Waals surface area contributed by atoms with Crippen molar-refractivity contribution in [3.8, 4) is 0 Å². The molecule has 12 heteroatoms. The minimum Gasteiger partial charge on any atom is -0.371 e. The van der Waals surface area contributed by atoms with Crippen LogP contribution in [0.5, 0.6) is 0 Å². The number of carbonyl (C=O) groups is 2. The molecule has 2 N–H and O–H groups in total. The Labute approximate surface area is 278 Å². The van der Waals surface area contributed by atoms with Gasteiger partial charge in [0.2, 0.25) is 11.8 Å². The van der Waals surface area contributed by atoms with Crippen LogP contribution in [0.15, 0.2) is 30.3 Å². The summed E-state index contributed by atoms with van der Waals surface area (Å²) in [5, 5.41) is 5.45. The van der Waals surface area contributed by atoms with Gasteiger partial charge < -0.3 is 39.1 Å². The molecular formula is C33H52Cl2N2O8. The highest BCUT2D eigenvalue weighted by Gasteiger charge is 2.51. The van der Waals surface area contributed by atoms with E-state index in [0.717, 1.165) is 18.4 Å². The van der Waals surface area contributed by atoms with Crippen LogP contribution in [-0.2, 0) is 38.0 Å². The zero-order chi connectivity index (χ0) is 32.1. The Hall–Kier alpha value is -1.50. The van der Waals surface area contributed by atoms with Crippen molar-refractivity contribution < 1.29 is 38.0 Å². The van der Waals surface area contributed by atoms with Crippen molar-refractivity contribution in [3.63, 3.8) is 0 Å². The third kappa shape index (κ3) is 14.0. The fourth-order valence-corrected chi connectivity index (χ4v) is 5.67. The maximum absolute atomic E-state index is 11.7. The van der Waals surface area contributed by atoms with Gasteiger partial charge in [-0.05, 0) is 6.42 Å². The molecule has 0 bridgehead atoms. The number of fused-ring (bicyclic) bond motifs is 1. The summed E-state index contributed by atoms with van der Waals surface area (Å²) >= 11 is 11.3. The van der Waals surface area contributed by atoms with Gasteiger partial charge in [-0.25, -0.2) is 0 Å². The number of nitrogens with one attached hydrogen (secondary N) is 2. The van der Waals surface area contributed by atoms with Crippen LogP contribution in [0.1, 0.15) is 83.0 Å². The molecule has 2 saturated heterocycles. The van der Waals surface area contributed by atoms with Gasteiger partial charge in [-0.15, -0.1) is 23.2 Å². The zero-order valence-electron chi connectivity index (χ0n) is 26.6. The normalized spacial score (nSPS) is 24.6. The van der Waals surface area contributed by atoms with Gasteiger partial charge in [-0.2, -0.15) is 0 Å². The molecule has 6 atom stereocenters. The fourth-order valence-electron chi connectivity index (χ4n) is 5.48. The molecule has 0 spiro atoms. The van der Waals surface area contributed by atoms with E-state index < -0.39 is 37.0 Å². The van der Waals surface area contributed by atoms with Crippen LogP contribution < -0.4 is 10.6 Å². The number of unbranched alkanes of at least 4 members (excludes halogenated alkanes) is 9. The van der Waals surface area contributed by atoms with Crippen molar-refractivity contribution in [1.29, 1.82) is 0 Å². The van der Waals surface area contributed by atoms with Crippen LogP contribution in [0.25, 0.3) is 0 Å². The second-order valence-corrected chi connectivity index (χ2v) is 11.9. The Bertz CT molecular complexity index is 947. The third-order valence-electron chi connectivity index (χ3n) is 7.85. The van der Waals surface area contributed by atoms with Gasteiger partial charge in [0.1, 0.15) is 36.2 Å². The SMILES string of the molecule is CCCCCCCCCCCCO[C@@H]1O[C@@H]2CO[C@@H](c3ccccc3)O[C@@H]2[C@H](OCCNC(=O)CCl)[C@H]1OCCNC(=O)CCl. The number of rotatable bonds is 23. The zero-order valence-corrected chi connectivity index (χ0v) is 28.1. The molecule has 45 heavy (non-hydrogen) atoms. The number of amides is 2. The molecule has 10 nitrogen and oxygen atoms in total. The number of hydrogen-bond donors (Lipinski definition) is 2. The van der Waals surface area contributed by atoms with Crippen molar-refractivity contribution in [2.24, 2.45) is 0 Å². The minimum atomic E-state index is -0.739. The van der Waals surface area contributed by atoms with Crippen LogP contribution in [-0.4, -0.2) is 93.8 Å². The summed E-state index contributed by atoms with van der Waals surface area (Å²) in [4.78, 5) is 23.4. The maximum atomic E-state index is 11.7. The molecule has 0 saturated carbocycles. The number of carbonyl (C=O) groups excluding carboxylic acids is 2. The van der Waals surface area contributed by atoms with Gasteiger partial charge in [0.05, 0.1) is 19.8 Å². The number of benzene rings is 1. The molecule has 1 aromatic rings. The minimum absolute atomic E-state index is 0.129. The molecule has 3 rings (SSSR count). The first-order chi connectivity index (χ1) is 22.1. The Kier molecular flexibility index (Phi) is 19.3. The number of ether oxygens (including phenoxy) is 6. The predicted molar refractivity (Wildman–Crippen MR) is 173 cm³/mol. The van der Waals surface area contributed by atoms with Crippen LogP contribution >= 0.6 is 23.2 Å². The summed E-state index contributed by atoms with van der Waals surface area (Å²) in [5.74, 6) is -0.821. The standard InChI is InChI=1S/C33H52Cl2N2O8/c1-2-3-4-5-6-7-8-9-10-14-19-42-33-31(41-21-18-37-28(39)23-35)30(40-20-17-36-27(38)22-34)29-26(44-33)24-43-32(45-29)25-15-12-11-13-16-25/h11-13,15-16,26,29-33H,2-10,14,17-24H2,1H3,(H,36,38)(H,37,39)/t26-,29+,30+,31-,32-,33-/m1/s1. The quantitative estimate of drug-likeness (QED) is 0.120. The van der Waals surface area contributed by atoms with E-state index in [9.17, 15) is 9.59 Å². The molecular weight excluding hydrogens is 623 g/mol. The third-order valence-corrected chi connectivity index (χ3v) is 8.33. The molecule has 2 aliphatic heterocycles. The Morgan fingerprint density at radius 1 is 0.756 bits per heavy atom. The second kappa shape index (κ2) is 22.9.